The molecule has 0 amide bonds. The largest absolute Gasteiger partial charge is 0.240 e. The minimum atomic E-state index is 1.29. The Balaban J connectivity index is 2.36. The summed E-state index contributed by atoms with van der Waals surface area (Å²) in [7, 11) is 0. The van der Waals surface area contributed by atoms with Gasteiger partial charge in [-0.05, 0) is 12.8 Å². The minimum absolute atomic E-state index is 1.29. The van der Waals surface area contributed by atoms with Crippen molar-refractivity contribution in [2.75, 3.05) is 13.1 Å². The molecule has 0 atom stereocenters. The van der Waals surface area contributed by atoms with Crippen molar-refractivity contribution in [1.82, 2.24) is 0 Å². The fourth-order valence-electron chi connectivity index (χ4n) is 1.35. The second kappa shape index (κ2) is 3.65. The van der Waals surface area contributed by atoms with E-state index in [1.54, 1.807) is 0 Å². The maximum atomic E-state index is 2.42. The van der Waals surface area contributed by atoms with Crippen LogP contribution < -0.4 is 0 Å². The number of rotatable bonds is 0. The van der Waals surface area contributed by atoms with E-state index in [2.05, 4.69) is 17.7 Å². The van der Waals surface area contributed by atoms with Crippen molar-refractivity contribution in [2.45, 2.75) is 32.6 Å². The summed E-state index contributed by atoms with van der Waals surface area (Å²) in [6.45, 7) is 4.71. The zero-order chi connectivity index (χ0) is 6.53. The Bertz CT molecular complexity index is 95.1. The highest BCUT2D eigenvalue weighted by Gasteiger charge is 2.06. The first-order valence-corrected chi connectivity index (χ1v) is 3.97. The van der Waals surface area contributed by atoms with Gasteiger partial charge >= 0.3 is 0 Å². The molecule has 1 heterocycles. The Hall–Kier alpha value is -0.330. The summed E-state index contributed by atoms with van der Waals surface area (Å²) >= 11 is 0. The van der Waals surface area contributed by atoms with Gasteiger partial charge in [0.05, 0.1) is 0 Å². The molecule has 0 radical (unpaired) electrons. The van der Waals surface area contributed by atoms with E-state index in [4.69, 9.17) is 0 Å². The summed E-state index contributed by atoms with van der Waals surface area (Å²) in [4.78, 5) is 0. The molecule has 0 aromatic rings. The molecule has 0 aromatic carbocycles. The third-order valence-corrected chi connectivity index (χ3v) is 2.01. The SMILES string of the molecule is CC=[N+]1CCCCCC1. The van der Waals surface area contributed by atoms with Crippen LogP contribution in [0.4, 0.5) is 0 Å². The van der Waals surface area contributed by atoms with Crippen LogP contribution in [0.1, 0.15) is 32.6 Å². The second-order valence-electron chi connectivity index (χ2n) is 2.71. The van der Waals surface area contributed by atoms with E-state index in [0.29, 0.717) is 0 Å². The number of hydrogen-bond donors (Lipinski definition) is 0. The summed E-state index contributed by atoms with van der Waals surface area (Å²) in [5, 5.41) is 0. The highest BCUT2D eigenvalue weighted by atomic mass is 15.0. The molecule has 1 saturated heterocycles. The van der Waals surface area contributed by atoms with Crippen LogP contribution in [0.25, 0.3) is 0 Å². The molecule has 1 aliphatic heterocycles. The summed E-state index contributed by atoms with van der Waals surface area (Å²) in [5.41, 5.74) is 0. The summed E-state index contributed by atoms with van der Waals surface area (Å²) in [6, 6.07) is 0. The van der Waals surface area contributed by atoms with Gasteiger partial charge in [0.2, 0.25) is 0 Å². The highest BCUT2D eigenvalue weighted by molar-refractivity contribution is 5.46. The Morgan fingerprint density at radius 2 is 1.56 bits per heavy atom. The van der Waals surface area contributed by atoms with Crippen LogP contribution >= 0.6 is 0 Å². The first-order valence-electron chi connectivity index (χ1n) is 3.97. The summed E-state index contributed by atoms with van der Waals surface area (Å²) < 4.78 is 2.42. The maximum Gasteiger partial charge on any atom is 0.142 e. The lowest BCUT2D eigenvalue weighted by Gasteiger charge is -1.94. The quantitative estimate of drug-likeness (QED) is 0.434. The van der Waals surface area contributed by atoms with Gasteiger partial charge < -0.3 is 0 Å². The molecule has 0 bridgehead atoms. The second-order valence-corrected chi connectivity index (χ2v) is 2.71. The predicted octanol–water partition coefficient (Wildman–Crippen LogP) is 1.66. The first-order chi connectivity index (χ1) is 4.43. The van der Waals surface area contributed by atoms with E-state index in [1.165, 1.54) is 38.8 Å². The van der Waals surface area contributed by atoms with Crippen LogP contribution in [0.15, 0.2) is 0 Å². The monoisotopic (exact) mass is 126 g/mol. The molecule has 1 aliphatic rings. The van der Waals surface area contributed by atoms with E-state index >= 15 is 0 Å². The lowest BCUT2D eigenvalue weighted by molar-refractivity contribution is -0.521. The van der Waals surface area contributed by atoms with E-state index in [9.17, 15) is 0 Å². The zero-order valence-electron chi connectivity index (χ0n) is 6.27. The standard InChI is InChI=1S/C8H16N/c1-2-9-7-5-3-4-6-8-9/h2H,3-8H2,1H3/q+1. The summed E-state index contributed by atoms with van der Waals surface area (Å²) in [5.74, 6) is 0. The molecule has 52 valence electrons. The minimum Gasteiger partial charge on any atom is -0.240 e. The Labute approximate surface area is 57.4 Å². The van der Waals surface area contributed by atoms with Gasteiger partial charge in [-0.15, -0.1) is 0 Å². The van der Waals surface area contributed by atoms with Crippen molar-refractivity contribution in [3.05, 3.63) is 0 Å². The van der Waals surface area contributed by atoms with Crippen molar-refractivity contribution in [2.24, 2.45) is 0 Å². The molecule has 0 unspecified atom stereocenters. The molecule has 1 fully saturated rings. The fraction of sp³-hybridized carbons (Fsp3) is 0.875. The Morgan fingerprint density at radius 1 is 1.00 bits per heavy atom. The van der Waals surface area contributed by atoms with Gasteiger partial charge in [-0.25, -0.2) is 4.58 Å². The van der Waals surface area contributed by atoms with Gasteiger partial charge in [0.15, 0.2) is 0 Å². The van der Waals surface area contributed by atoms with Crippen molar-refractivity contribution in [3.8, 4) is 0 Å². The van der Waals surface area contributed by atoms with Gasteiger partial charge in [0.25, 0.3) is 0 Å². The normalized spacial score (nSPS) is 21.2. The molecular weight excluding hydrogens is 110 g/mol. The van der Waals surface area contributed by atoms with Gasteiger partial charge in [-0.3, -0.25) is 0 Å². The smallest absolute Gasteiger partial charge is 0.142 e. The summed E-state index contributed by atoms with van der Waals surface area (Å²) in [6.07, 6.45) is 7.87. The van der Waals surface area contributed by atoms with E-state index in [0.717, 1.165) is 0 Å². The molecule has 1 nitrogen and oxygen atoms in total. The Kier molecular flexibility index (Phi) is 2.75. The van der Waals surface area contributed by atoms with Gasteiger partial charge in [0.1, 0.15) is 19.3 Å². The lowest BCUT2D eigenvalue weighted by Crippen LogP contribution is -2.12. The molecule has 0 spiro atoms. The average molecular weight is 126 g/mol. The predicted molar refractivity (Wildman–Crippen MR) is 40.2 cm³/mol. The molecule has 9 heavy (non-hydrogen) atoms. The van der Waals surface area contributed by atoms with Gasteiger partial charge in [0, 0.05) is 19.8 Å². The van der Waals surface area contributed by atoms with Crippen LogP contribution in [0.2, 0.25) is 0 Å². The molecule has 0 aliphatic carbocycles. The van der Waals surface area contributed by atoms with Crippen molar-refractivity contribution in [3.63, 3.8) is 0 Å². The van der Waals surface area contributed by atoms with E-state index in [1.807, 2.05) is 0 Å². The zero-order valence-corrected chi connectivity index (χ0v) is 6.27. The van der Waals surface area contributed by atoms with E-state index in [-0.39, 0.29) is 0 Å². The number of hydrogen-bond acceptors (Lipinski definition) is 0. The maximum absolute atomic E-state index is 2.42. The molecule has 1 rings (SSSR count). The Morgan fingerprint density at radius 3 is 2.00 bits per heavy atom. The third kappa shape index (κ3) is 2.17. The van der Waals surface area contributed by atoms with Crippen molar-refractivity contribution < 1.29 is 4.58 Å². The molecular formula is C8H16N+. The van der Waals surface area contributed by atoms with E-state index < -0.39 is 0 Å². The van der Waals surface area contributed by atoms with Gasteiger partial charge in [-0.1, -0.05) is 0 Å². The van der Waals surface area contributed by atoms with Crippen molar-refractivity contribution >= 4 is 6.21 Å². The fourth-order valence-corrected chi connectivity index (χ4v) is 1.35. The molecule has 0 N–H and O–H groups in total. The molecule has 0 saturated carbocycles. The highest BCUT2D eigenvalue weighted by Crippen LogP contribution is 2.04. The molecule has 1 heteroatoms. The average Bonchev–Trinajstić information content (AvgIpc) is 2.13. The molecule has 0 aromatic heterocycles. The topological polar surface area (TPSA) is 3.01 Å². The van der Waals surface area contributed by atoms with Crippen LogP contribution in [0.3, 0.4) is 0 Å². The van der Waals surface area contributed by atoms with Gasteiger partial charge in [-0.2, -0.15) is 0 Å². The first kappa shape index (κ1) is 6.79. The van der Waals surface area contributed by atoms with Crippen LogP contribution in [0, 0.1) is 0 Å². The third-order valence-electron chi connectivity index (χ3n) is 2.01. The van der Waals surface area contributed by atoms with Crippen LogP contribution in [-0.4, -0.2) is 23.9 Å². The van der Waals surface area contributed by atoms with Crippen LogP contribution in [-0.2, 0) is 0 Å². The lowest BCUT2D eigenvalue weighted by atomic mass is 10.2. The number of nitrogens with zero attached hydrogens (tertiary/aromatic N) is 1. The van der Waals surface area contributed by atoms with Crippen LogP contribution in [0.5, 0.6) is 0 Å². The van der Waals surface area contributed by atoms with Crippen molar-refractivity contribution in [1.29, 1.82) is 0 Å².